The Hall–Kier alpha value is -3.17. The molecule has 0 atom stereocenters. The Morgan fingerprint density at radius 3 is 2.62 bits per heavy atom. The van der Waals surface area contributed by atoms with E-state index in [1.807, 2.05) is 30.2 Å². The Morgan fingerprint density at radius 2 is 1.97 bits per heavy atom. The maximum Gasteiger partial charge on any atom is 0.253 e. The van der Waals surface area contributed by atoms with Gasteiger partial charge in [-0.15, -0.1) is 0 Å². The van der Waals surface area contributed by atoms with E-state index in [9.17, 15) is 14.0 Å². The fraction of sp³-hybridized carbons (Fsp3) is 0.318. The molecule has 5 N–H and O–H groups in total. The molecule has 1 amide bonds. The van der Waals surface area contributed by atoms with Gasteiger partial charge in [0.05, 0.1) is 33.0 Å². The zero-order valence-electron chi connectivity index (χ0n) is 17.6. The molecule has 1 aliphatic rings. The number of H-pyrrole nitrogens is 1. The number of hydrogen-bond acceptors (Lipinski definition) is 6. The van der Waals surface area contributed by atoms with Crippen molar-refractivity contribution >= 4 is 39.9 Å². The van der Waals surface area contributed by atoms with E-state index in [0.717, 1.165) is 16.6 Å². The lowest BCUT2D eigenvalue weighted by molar-refractivity contribution is 0.0996. The van der Waals surface area contributed by atoms with Crippen LogP contribution in [0.5, 0.6) is 0 Å². The number of primary amides is 1. The molecule has 0 unspecified atom stereocenters. The van der Waals surface area contributed by atoms with Crippen molar-refractivity contribution in [1.82, 2.24) is 14.9 Å². The summed E-state index contributed by atoms with van der Waals surface area (Å²) >= 11 is 6.10. The lowest BCUT2D eigenvalue weighted by Gasteiger charge is -2.36. The summed E-state index contributed by atoms with van der Waals surface area (Å²) in [6, 6.07) is 4.99. The predicted molar refractivity (Wildman–Crippen MR) is 124 cm³/mol. The smallest absolute Gasteiger partial charge is 0.253 e. The topological polar surface area (TPSA) is 121 Å². The maximum absolute atomic E-state index is 14.4. The van der Waals surface area contributed by atoms with Crippen LogP contribution in [0, 0.1) is 5.82 Å². The van der Waals surface area contributed by atoms with Gasteiger partial charge >= 0.3 is 0 Å². The van der Waals surface area contributed by atoms with E-state index in [1.54, 1.807) is 0 Å². The molecule has 1 saturated heterocycles. The number of nitrogens with one attached hydrogen (secondary N) is 1. The molecule has 3 aromatic rings. The van der Waals surface area contributed by atoms with Gasteiger partial charge in [-0.25, -0.2) is 4.39 Å². The third kappa shape index (κ3) is 4.13. The maximum atomic E-state index is 14.4. The summed E-state index contributed by atoms with van der Waals surface area (Å²) in [6.07, 6.45) is 2.48. The van der Waals surface area contributed by atoms with Crippen LogP contribution in [0.3, 0.4) is 0 Å². The second-order valence-electron chi connectivity index (χ2n) is 7.86. The molecule has 0 spiro atoms. The first-order valence-electron chi connectivity index (χ1n) is 10.3. The molecule has 2 aromatic heterocycles. The second kappa shape index (κ2) is 8.76. The molecule has 4 rings (SSSR count). The molecule has 168 valence electrons. The van der Waals surface area contributed by atoms with Crippen LogP contribution < -0.4 is 21.9 Å². The number of aromatic nitrogens is 2. The average molecular weight is 459 g/mol. The van der Waals surface area contributed by atoms with Crippen LogP contribution in [0.1, 0.15) is 28.4 Å². The number of nitrogens with zero attached hydrogens (tertiary/aromatic N) is 3. The van der Waals surface area contributed by atoms with Gasteiger partial charge in [0, 0.05) is 50.6 Å². The SMILES string of the molecule is CCc1cc2ncc(CN3CCN(c4cc(F)c(C(N)=O)c(Cl)c4N)CC3)cc2[nH]c1=O. The van der Waals surface area contributed by atoms with Crippen LogP contribution in [0.2, 0.25) is 5.02 Å². The number of fused-ring (bicyclic) bond motifs is 1. The number of aromatic amines is 1. The highest BCUT2D eigenvalue weighted by molar-refractivity contribution is 6.37. The van der Waals surface area contributed by atoms with Gasteiger partial charge in [0.1, 0.15) is 5.82 Å². The van der Waals surface area contributed by atoms with E-state index in [4.69, 9.17) is 23.1 Å². The highest BCUT2D eigenvalue weighted by Crippen LogP contribution is 2.35. The summed E-state index contributed by atoms with van der Waals surface area (Å²) in [5, 5.41) is -0.155. The molecule has 3 heterocycles. The molecular weight excluding hydrogens is 435 g/mol. The molecule has 10 heteroatoms. The summed E-state index contributed by atoms with van der Waals surface area (Å²) in [6.45, 7) is 5.23. The number of amides is 1. The second-order valence-corrected chi connectivity index (χ2v) is 8.24. The van der Waals surface area contributed by atoms with Gasteiger partial charge in [-0.2, -0.15) is 0 Å². The molecule has 1 aliphatic heterocycles. The molecule has 32 heavy (non-hydrogen) atoms. The number of nitrogens with two attached hydrogens (primary N) is 2. The molecular formula is C22H24ClFN6O2. The minimum absolute atomic E-state index is 0.0848. The lowest BCUT2D eigenvalue weighted by Crippen LogP contribution is -2.46. The summed E-state index contributed by atoms with van der Waals surface area (Å²) in [5.41, 5.74) is 14.6. The fourth-order valence-electron chi connectivity index (χ4n) is 4.03. The van der Waals surface area contributed by atoms with E-state index < -0.39 is 11.7 Å². The zero-order valence-corrected chi connectivity index (χ0v) is 18.4. The molecule has 1 aromatic carbocycles. The molecule has 0 saturated carbocycles. The fourth-order valence-corrected chi connectivity index (χ4v) is 4.31. The third-order valence-corrected chi connectivity index (χ3v) is 6.20. The summed E-state index contributed by atoms with van der Waals surface area (Å²) in [5.74, 6) is -1.73. The number of benzene rings is 1. The number of anilines is 2. The van der Waals surface area contributed by atoms with Crippen molar-refractivity contribution in [2.75, 3.05) is 36.8 Å². The van der Waals surface area contributed by atoms with E-state index in [2.05, 4.69) is 14.9 Å². The minimum atomic E-state index is -0.952. The van der Waals surface area contributed by atoms with Crippen LogP contribution >= 0.6 is 11.6 Å². The van der Waals surface area contributed by atoms with Gasteiger partial charge in [-0.05, 0) is 24.1 Å². The number of hydrogen-bond donors (Lipinski definition) is 3. The Labute approximate surface area is 189 Å². The van der Waals surface area contributed by atoms with Crippen molar-refractivity contribution in [3.63, 3.8) is 0 Å². The van der Waals surface area contributed by atoms with Gasteiger partial charge in [-0.1, -0.05) is 18.5 Å². The standard InChI is InChI=1S/C22H24ClFN6O2/c1-2-13-8-15-16(28-22(13)32)7-12(10-27-15)11-29-3-5-30(6-4-29)17-9-14(24)18(21(26)31)19(23)20(17)25/h7-10H,2-6,11,25H2,1H3,(H2,26,31)(H,28,32). The van der Waals surface area contributed by atoms with E-state index in [0.29, 0.717) is 50.4 Å². The van der Waals surface area contributed by atoms with Crippen molar-refractivity contribution in [3.05, 3.63) is 62.3 Å². The molecule has 0 aliphatic carbocycles. The van der Waals surface area contributed by atoms with Gasteiger partial charge in [0.15, 0.2) is 0 Å². The lowest BCUT2D eigenvalue weighted by atomic mass is 10.1. The van der Waals surface area contributed by atoms with Crippen molar-refractivity contribution in [2.24, 2.45) is 5.73 Å². The van der Waals surface area contributed by atoms with E-state index in [-0.39, 0.29) is 21.8 Å². The van der Waals surface area contributed by atoms with Gasteiger partial charge in [0.2, 0.25) is 0 Å². The van der Waals surface area contributed by atoms with Crippen LogP contribution in [0.25, 0.3) is 11.0 Å². The number of piperazine rings is 1. The monoisotopic (exact) mass is 458 g/mol. The summed E-state index contributed by atoms with van der Waals surface area (Å²) < 4.78 is 14.4. The highest BCUT2D eigenvalue weighted by atomic mass is 35.5. The van der Waals surface area contributed by atoms with Crippen molar-refractivity contribution in [2.45, 2.75) is 19.9 Å². The number of pyridine rings is 2. The van der Waals surface area contributed by atoms with Crippen molar-refractivity contribution in [1.29, 1.82) is 0 Å². The van der Waals surface area contributed by atoms with E-state index >= 15 is 0 Å². The van der Waals surface area contributed by atoms with Crippen LogP contribution in [0.4, 0.5) is 15.8 Å². The number of halogens is 2. The van der Waals surface area contributed by atoms with Crippen molar-refractivity contribution < 1.29 is 9.18 Å². The predicted octanol–water partition coefficient (Wildman–Crippen LogP) is 2.28. The summed E-state index contributed by atoms with van der Waals surface area (Å²) in [4.78, 5) is 35.1. The Morgan fingerprint density at radius 1 is 1.25 bits per heavy atom. The normalized spacial score (nSPS) is 14.8. The first-order chi connectivity index (χ1) is 15.3. The molecule has 0 bridgehead atoms. The van der Waals surface area contributed by atoms with E-state index in [1.165, 1.54) is 6.07 Å². The first-order valence-corrected chi connectivity index (χ1v) is 10.7. The molecule has 1 fully saturated rings. The molecule has 8 nitrogen and oxygen atoms in total. The number of carbonyl (C=O) groups is 1. The number of carbonyl (C=O) groups excluding carboxylic acids is 1. The van der Waals surface area contributed by atoms with Gasteiger partial charge in [0.25, 0.3) is 11.5 Å². The Balaban J connectivity index is 1.47. The third-order valence-electron chi connectivity index (χ3n) is 5.81. The van der Waals surface area contributed by atoms with Gasteiger partial charge in [-0.3, -0.25) is 19.5 Å². The van der Waals surface area contributed by atoms with Crippen molar-refractivity contribution in [3.8, 4) is 0 Å². The highest BCUT2D eigenvalue weighted by Gasteiger charge is 2.24. The number of rotatable bonds is 5. The van der Waals surface area contributed by atoms with Gasteiger partial charge < -0.3 is 21.4 Å². The number of nitrogen functional groups attached to an aromatic ring is 1. The quantitative estimate of drug-likeness (QED) is 0.504. The Kier molecular flexibility index (Phi) is 6.03. The Bertz CT molecular complexity index is 1250. The summed E-state index contributed by atoms with van der Waals surface area (Å²) in [7, 11) is 0. The molecule has 0 radical (unpaired) electrons. The zero-order chi connectivity index (χ0) is 23.0. The van der Waals surface area contributed by atoms with Crippen LogP contribution in [-0.4, -0.2) is 47.0 Å². The minimum Gasteiger partial charge on any atom is -0.396 e. The van der Waals surface area contributed by atoms with Crippen LogP contribution in [0.15, 0.2) is 29.2 Å². The number of aryl methyl sites for hydroxylation is 1. The first kappa shape index (κ1) is 22.0. The average Bonchev–Trinajstić information content (AvgIpc) is 2.76. The largest absolute Gasteiger partial charge is 0.396 e. The van der Waals surface area contributed by atoms with Crippen LogP contribution in [-0.2, 0) is 13.0 Å².